The van der Waals surface area contributed by atoms with Crippen molar-refractivity contribution >= 4 is 0 Å². The van der Waals surface area contributed by atoms with Gasteiger partial charge < -0.3 is 9.80 Å². The van der Waals surface area contributed by atoms with Crippen molar-refractivity contribution in [3.63, 3.8) is 0 Å². The predicted octanol–water partition coefficient (Wildman–Crippen LogP) is 4.89. The average Bonchev–Trinajstić information content (AvgIpc) is 3.33. The Labute approximate surface area is 219 Å². The largest absolute Gasteiger partial charge is 0.304 e. The average molecular weight is 487 g/mol. The van der Waals surface area contributed by atoms with Crippen LogP contribution in [-0.4, -0.2) is 97.1 Å². The van der Waals surface area contributed by atoms with Gasteiger partial charge in [0.25, 0.3) is 0 Å². The van der Waals surface area contributed by atoms with Gasteiger partial charge in [0.1, 0.15) is 0 Å². The minimum Gasteiger partial charge on any atom is -0.304 e. The highest BCUT2D eigenvalue weighted by atomic mass is 15.3. The number of piperazine rings is 1. The third kappa shape index (κ3) is 5.03. The van der Waals surface area contributed by atoms with Gasteiger partial charge in [-0.05, 0) is 82.9 Å². The van der Waals surface area contributed by atoms with Crippen molar-refractivity contribution in [3.8, 4) is 0 Å². The molecule has 1 aliphatic carbocycles. The van der Waals surface area contributed by atoms with Crippen molar-refractivity contribution in [2.24, 2.45) is 0 Å². The Hall–Kier alpha value is -1.72. The number of likely N-dealkylation sites (tertiary alicyclic amines) is 1. The SMILES string of the molecule is CN1CCN(C23CCN(CCCN4CCCC4)C([C@H](c4ccccc4)C2)[C@H](c2ccccc2)C3)CC1. The van der Waals surface area contributed by atoms with Gasteiger partial charge in [0.15, 0.2) is 0 Å². The molecule has 4 heteroatoms. The number of hydrogen-bond donors (Lipinski definition) is 0. The van der Waals surface area contributed by atoms with E-state index in [1.54, 1.807) is 11.1 Å². The smallest absolute Gasteiger partial charge is 0.0235 e. The van der Waals surface area contributed by atoms with Crippen molar-refractivity contribution in [2.75, 3.05) is 66.0 Å². The first-order valence-electron chi connectivity index (χ1n) is 14.7. The van der Waals surface area contributed by atoms with E-state index < -0.39 is 0 Å². The lowest BCUT2D eigenvalue weighted by Crippen LogP contribution is -2.59. The quantitative estimate of drug-likeness (QED) is 0.552. The summed E-state index contributed by atoms with van der Waals surface area (Å²) in [5, 5.41) is 0. The van der Waals surface area contributed by atoms with E-state index >= 15 is 0 Å². The summed E-state index contributed by atoms with van der Waals surface area (Å²) in [7, 11) is 2.29. The fourth-order valence-corrected chi connectivity index (χ4v) is 8.13. The maximum atomic E-state index is 2.95. The normalized spacial score (nSPS) is 32.6. The van der Waals surface area contributed by atoms with Crippen molar-refractivity contribution in [3.05, 3.63) is 71.8 Å². The van der Waals surface area contributed by atoms with Crippen LogP contribution < -0.4 is 0 Å². The minimum absolute atomic E-state index is 0.308. The number of rotatable bonds is 7. The van der Waals surface area contributed by atoms with Crippen LogP contribution in [0.25, 0.3) is 0 Å². The van der Waals surface area contributed by atoms with E-state index in [-0.39, 0.29) is 0 Å². The van der Waals surface area contributed by atoms with Crippen LogP contribution >= 0.6 is 0 Å². The summed E-state index contributed by atoms with van der Waals surface area (Å²) in [6, 6.07) is 23.8. The molecule has 0 spiro atoms. The monoisotopic (exact) mass is 486 g/mol. The zero-order chi connectivity index (χ0) is 24.4. The van der Waals surface area contributed by atoms with Crippen LogP contribution in [0.15, 0.2) is 60.7 Å². The highest BCUT2D eigenvalue weighted by Crippen LogP contribution is 2.54. The third-order valence-electron chi connectivity index (χ3n) is 10.1. The number of benzene rings is 2. The topological polar surface area (TPSA) is 13.0 Å². The van der Waals surface area contributed by atoms with Gasteiger partial charge >= 0.3 is 0 Å². The first-order chi connectivity index (χ1) is 17.7. The molecule has 2 bridgehead atoms. The van der Waals surface area contributed by atoms with Gasteiger partial charge in [-0.1, -0.05) is 60.7 Å². The fourth-order valence-electron chi connectivity index (χ4n) is 8.13. The number of fused-ring (bicyclic) bond motifs is 4. The van der Waals surface area contributed by atoms with Crippen LogP contribution in [-0.2, 0) is 0 Å². The van der Waals surface area contributed by atoms with E-state index in [2.05, 4.69) is 87.3 Å². The molecule has 5 fully saturated rings. The summed E-state index contributed by atoms with van der Waals surface area (Å²) in [5.74, 6) is 1.19. The molecular formula is C32H46N4. The molecule has 2 aromatic rings. The predicted molar refractivity (Wildman–Crippen MR) is 150 cm³/mol. The molecule has 1 saturated carbocycles. The molecule has 4 saturated heterocycles. The van der Waals surface area contributed by atoms with Crippen molar-refractivity contribution in [2.45, 2.75) is 61.9 Å². The minimum atomic E-state index is 0.308. The summed E-state index contributed by atoms with van der Waals surface area (Å²) in [6.45, 7) is 11.3. The van der Waals surface area contributed by atoms with Gasteiger partial charge in [0.2, 0.25) is 0 Å². The van der Waals surface area contributed by atoms with Crippen LogP contribution in [0.3, 0.4) is 0 Å². The second kappa shape index (κ2) is 10.9. The van der Waals surface area contributed by atoms with E-state index in [4.69, 9.17) is 0 Å². The first kappa shape index (κ1) is 24.6. The van der Waals surface area contributed by atoms with E-state index in [0.717, 1.165) is 0 Å². The molecule has 0 N–H and O–H groups in total. The highest BCUT2D eigenvalue weighted by molar-refractivity contribution is 5.32. The zero-order valence-electron chi connectivity index (χ0n) is 22.4. The molecule has 0 amide bonds. The Morgan fingerprint density at radius 3 is 1.86 bits per heavy atom. The number of likely N-dealkylation sites (N-methyl/N-ethyl adjacent to an activating group) is 1. The summed E-state index contributed by atoms with van der Waals surface area (Å²) in [6.07, 6.45) is 8.05. The van der Waals surface area contributed by atoms with Gasteiger partial charge in [0.05, 0.1) is 0 Å². The lowest BCUT2D eigenvalue weighted by atomic mass is 9.63. The van der Waals surface area contributed by atoms with Gasteiger partial charge in [0, 0.05) is 56.1 Å². The van der Waals surface area contributed by atoms with Gasteiger partial charge in [-0.25, -0.2) is 0 Å². The van der Waals surface area contributed by atoms with Gasteiger partial charge in [-0.3, -0.25) is 9.80 Å². The van der Waals surface area contributed by atoms with Crippen molar-refractivity contribution < 1.29 is 0 Å². The van der Waals surface area contributed by atoms with Crippen LogP contribution in [0.5, 0.6) is 0 Å². The molecule has 0 unspecified atom stereocenters. The fraction of sp³-hybridized carbons (Fsp3) is 0.625. The molecule has 194 valence electrons. The van der Waals surface area contributed by atoms with E-state index in [1.165, 1.54) is 97.4 Å². The molecule has 7 rings (SSSR count). The van der Waals surface area contributed by atoms with Crippen LogP contribution in [0.4, 0.5) is 0 Å². The van der Waals surface area contributed by atoms with Crippen molar-refractivity contribution in [1.29, 1.82) is 0 Å². The standard InChI is InChI=1S/C32H46N4/c1-33-21-23-36(24-22-33)32-15-20-35(19-10-18-34-16-8-9-17-34)31(29(25-32)27-11-4-2-5-12-27)30(26-32)28-13-6-3-7-14-28/h2-7,11-14,29-31H,8-10,15-26H2,1H3/t29-,30-,31?,32?/m0/s1. The Balaban J connectivity index is 1.35. The number of hydrogen-bond acceptors (Lipinski definition) is 4. The summed E-state index contributed by atoms with van der Waals surface area (Å²) < 4.78 is 0. The summed E-state index contributed by atoms with van der Waals surface area (Å²) >= 11 is 0. The maximum Gasteiger partial charge on any atom is 0.0235 e. The lowest BCUT2D eigenvalue weighted by molar-refractivity contribution is -0.0000139. The molecule has 2 aromatic carbocycles. The Kier molecular flexibility index (Phi) is 7.48. The lowest BCUT2D eigenvalue weighted by Gasteiger charge is -2.54. The summed E-state index contributed by atoms with van der Waals surface area (Å²) in [5.41, 5.74) is 3.43. The summed E-state index contributed by atoms with van der Waals surface area (Å²) in [4.78, 5) is 11.1. The third-order valence-corrected chi connectivity index (χ3v) is 10.1. The second-order valence-corrected chi connectivity index (χ2v) is 12.1. The van der Waals surface area contributed by atoms with Crippen LogP contribution in [0.2, 0.25) is 0 Å². The Bertz CT molecular complexity index is 899. The molecule has 5 aliphatic rings. The molecule has 2 atom stereocenters. The Morgan fingerprint density at radius 2 is 1.28 bits per heavy atom. The molecule has 4 aliphatic heterocycles. The maximum absolute atomic E-state index is 2.95. The molecule has 0 aromatic heterocycles. The highest BCUT2D eigenvalue weighted by Gasteiger charge is 2.54. The van der Waals surface area contributed by atoms with Crippen LogP contribution in [0, 0.1) is 0 Å². The molecular weight excluding hydrogens is 440 g/mol. The molecule has 4 nitrogen and oxygen atoms in total. The van der Waals surface area contributed by atoms with Crippen LogP contribution in [0.1, 0.15) is 61.5 Å². The number of nitrogens with zero attached hydrogens (tertiary/aromatic N) is 4. The second-order valence-electron chi connectivity index (χ2n) is 12.1. The van der Waals surface area contributed by atoms with Gasteiger partial charge in [-0.2, -0.15) is 0 Å². The zero-order valence-corrected chi connectivity index (χ0v) is 22.4. The first-order valence-corrected chi connectivity index (χ1v) is 14.7. The Morgan fingerprint density at radius 1 is 0.694 bits per heavy atom. The van der Waals surface area contributed by atoms with Crippen molar-refractivity contribution in [1.82, 2.24) is 19.6 Å². The van der Waals surface area contributed by atoms with Gasteiger partial charge in [-0.15, -0.1) is 0 Å². The van der Waals surface area contributed by atoms with E-state index in [1.807, 2.05) is 0 Å². The molecule has 0 radical (unpaired) electrons. The molecule has 4 heterocycles. The van der Waals surface area contributed by atoms with E-state index in [0.29, 0.717) is 23.4 Å². The van der Waals surface area contributed by atoms with E-state index in [9.17, 15) is 0 Å². The molecule has 36 heavy (non-hydrogen) atoms.